The summed E-state index contributed by atoms with van der Waals surface area (Å²) in [4.78, 5) is 21.2. The van der Waals surface area contributed by atoms with E-state index in [0.29, 0.717) is 23.1 Å². The summed E-state index contributed by atoms with van der Waals surface area (Å²) in [6.07, 6.45) is 0.720. The zero-order chi connectivity index (χ0) is 23.4. The molecule has 2 saturated heterocycles. The summed E-state index contributed by atoms with van der Waals surface area (Å²) in [5, 5.41) is 7.40. The Bertz CT molecular complexity index is 1280. The molecule has 6 rings (SSSR count). The quantitative estimate of drug-likeness (QED) is 0.528. The molecule has 0 aliphatic carbocycles. The minimum atomic E-state index is -0.172. The molecule has 178 valence electrons. The molecule has 1 amide bonds. The Balaban J connectivity index is 1.15. The van der Waals surface area contributed by atoms with Gasteiger partial charge >= 0.3 is 0 Å². The van der Waals surface area contributed by atoms with Crippen LogP contribution in [0.2, 0.25) is 0 Å². The molecule has 3 aliphatic rings. The second-order valence-corrected chi connectivity index (χ2v) is 10.6. The fourth-order valence-corrected chi connectivity index (χ4v) is 6.56. The van der Waals surface area contributed by atoms with Crippen LogP contribution in [-0.2, 0) is 11.2 Å². The first-order valence-corrected chi connectivity index (χ1v) is 12.5. The highest BCUT2D eigenvalue weighted by molar-refractivity contribution is 7.21. The Labute approximate surface area is 202 Å². The molecule has 1 aromatic carbocycles. The summed E-state index contributed by atoms with van der Waals surface area (Å²) in [5.41, 5.74) is 9.82. The van der Waals surface area contributed by atoms with Crippen molar-refractivity contribution in [2.24, 2.45) is 5.92 Å². The van der Waals surface area contributed by atoms with E-state index in [-0.39, 0.29) is 17.6 Å². The molecular formula is C25H29N5O3S. The number of thiophene rings is 1. The molecule has 0 radical (unpaired) electrons. The molecule has 4 N–H and O–H groups in total. The number of anilines is 2. The lowest BCUT2D eigenvalue weighted by atomic mass is 9.95. The number of amides is 1. The SMILES string of the molecule is CO[C@]12CNC[C@H]1CN(c1ccc3c(c1)OC[C@H](NC(=O)c1sc4nc(C)ccc4c1N)C3)C2. The lowest BCUT2D eigenvalue weighted by Gasteiger charge is -2.29. The maximum absolute atomic E-state index is 13.0. The molecule has 5 heterocycles. The number of hydrogen-bond donors (Lipinski definition) is 3. The minimum absolute atomic E-state index is 0.102. The summed E-state index contributed by atoms with van der Waals surface area (Å²) < 4.78 is 12.0. The number of nitrogens with one attached hydrogen (secondary N) is 2. The van der Waals surface area contributed by atoms with Crippen LogP contribution in [0.15, 0.2) is 30.3 Å². The number of fused-ring (bicyclic) bond motifs is 3. The van der Waals surface area contributed by atoms with Gasteiger partial charge in [0.05, 0.1) is 11.7 Å². The lowest BCUT2D eigenvalue weighted by molar-refractivity contribution is 0.00153. The summed E-state index contributed by atoms with van der Waals surface area (Å²) >= 11 is 1.34. The Hall–Kier alpha value is -2.88. The predicted octanol–water partition coefficient (Wildman–Crippen LogP) is 2.35. The third kappa shape index (κ3) is 3.50. The van der Waals surface area contributed by atoms with Crippen LogP contribution in [0.3, 0.4) is 0 Å². The van der Waals surface area contributed by atoms with Gasteiger partial charge in [-0.25, -0.2) is 4.98 Å². The summed E-state index contributed by atoms with van der Waals surface area (Å²) in [6, 6.07) is 10.1. The van der Waals surface area contributed by atoms with E-state index >= 15 is 0 Å². The fourth-order valence-electron chi connectivity index (χ4n) is 5.52. The van der Waals surface area contributed by atoms with Crippen molar-refractivity contribution in [1.29, 1.82) is 0 Å². The third-order valence-corrected chi connectivity index (χ3v) is 8.58. The van der Waals surface area contributed by atoms with Crippen molar-refractivity contribution < 1.29 is 14.3 Å². The number of nitrogen functional groups attached to an aromatic ring is 1. The van der Waals surface area contributed by atoms with Gasteiger partial charge in [-0.1, -0.05) is 6.07 Å². The number of nitrogens with two attached hydrogens (primary N) is 1. The number of hydrogen-bond acceptors (Lipinski definition) is 8. The average Bonchev–Trinajstić information content (AvgIpc) is 3.49. The van der Waals surface area contributed by atoms with Crippen molar-refractivity contribution >= 4 is 38.8 Å². The largest absolute Gasteiger partial charge is 0.491 e. The number of aromatic nitrogens is 1. The molecule has 34 heavy (non-hydrogen) atoms. The smallest absolute Gasteiger partial charge is 0.263 e. The van der Waals surface area contributed by atoms with Crippen LogP contribution >= 0.6 is 11.3 Å². The van der Waals surface area contributed by atoms with Crippen molar-refractivity contribution in [2.45, 2.75) is 25.0 Å². The fraction of sp³-hybridized carbons (Fsp3) is 0.440. The maximum atomic E-state index is 13.0. The van der Waals surface area contributed by atoms with Crippen molar-refractivity contribution in [1.82, 2.24) is 15.6 Å². The van der Waals surface area contributed by atoms with Gasteiger partial charge in [0, 0.05) is 62.0 Å². The zero-order valence-corrected chi connectivity index (χ0v) is 20.2. The van der Waals surface area contributed by atoms with Crippen LogP contribution in [0.1, 0.15) is 20.9 Å². The number of nitrogens with zero attached hydrogens (tertiary/aromatic N) is 2. The molecule has 3 aromatic rings. The molecule has 8 nitrogen and oxygen atoms in total. The standard InChI is InChI=1S/C25H29N5O3S/c1-14-3-6-19-21(26)22(34-24(19)28-14)23(31)29-17-7-15-4-5-18(8-20(15)33-11-17)30-10-16-9-27-12-25(16,13-30)32-2/h3-6,8,16-17,27H,7,9-13,26H2,1-2H3,(H,29,31)/t16-,17+,25-/m0/s1. The van der Waals surface area contributed by atoms with Gasteiger partial charge in [0.2, 0.25) is 0 Å². The van der Waals surface area contributed by atoms with Crippen molar-refractivity contribution in [3.05, 3.63) is 46.5 Å². The van der Waals surface area contributed by atoms with Crippen molar-refractivity contribution in [3.63, 3.8) is 0 Å². The molecule has 0 spiro atoms. The van der Waals surface area contributed by atoms with Crippen molar-refractivity contribution in [3.8, 4) is 5.75 Å². The monoisotopic (exact) mass is 479 g/mol. The number of pyridine rings is 1. The first-order valence-electron chi connectivity index (χ1n) is 11.7. The number of rotatable bonds is 4. The summed E-state index contributed by atoms with van der Waals surface area (Å²) in [7, 11) is 1.82. The van der Waals surface area contributed by atoms with Gasteiger partial charge in [0.25, 0.3) is 5.91 Å². The maximum Gasteiger partial charge on any atom is 0.263 e. The van der Waals surface area contributed by atoms with E-state index in [1.165, 1.54) is 11.3 Å². The van der Waals surface area contributed by atoms with Gasteiger partial charge in [-0.05, 0) is 37.1 Å². The van der Waals surface area contributed by atoms with E-state index in [1.54, 1.807) is 0 Å². The highest BCUT2D eigenvalue weighted by atomic mass is 32.1. The number of methoxy groups -OCH3 is 1. The van der Waals surface area contributed by atoms with Crippen LogP contribution in [0, 0.1) is 12.8 Å². The Morgan fingerprint density at radius 1 is 1.38 bits per heavy atom. The van der Waals surface area contributed by atoms with Crippen LogP contribution < -0.4 is 26.0 Å². The molecule has 3 aliphatic heterocycles. The molecular weight excluding hydrogens is 450 g/mol. The van der Waals surface area contributed by atoms with Gasteiger partial charge in [0.15, 0.2) is 0 Å². The van der Waals surface area contributed by atoms with Gasteiger partial charge in [-0.15, -0.1) is 11.3 Å². The van der Waals surface area contributed by atoms with Crippen LogP contribution in [0.5, 0.6) is 5.75 Å². The number of carbonyl (C=O) groups is 1. The zero-order valence-electron chi connectivity index (χ0n) is 19.4. The van der Waals surface area contributed by atoms with E-state index in [0.717, 1.165) is 65.5 Å². The number of carbonyl (C=O) groups excluding carboxylic acids is 1. The first-order chi connectivity index (χ1) is 16.5. The van der Waals surface area contributed by atoms with E-state index in [4.69, 9.17) is 15.2 Å². The molecule has 2 aromatic heterocycles. The number of aryl methyl sites for hydroxylation is 1. The molecule has 0 bridgehead atoms. The topological polar surface area (TPSA) is 102 Å². The van der Waals surface area contributed by atoms with Gasteiger partial charge in [0.1, 0.15) is 27.7 Å². The minimum Gasteiger partial charge on any atom is -0.491 e. The second-order valence-electron chi connectivity index (χ2n) is 9.60. The first kappa shape index (κ1) is 21.6. The molecule has 9 heteroatoms. The van der Waals surface area contributed by atoms with Gasteiger partial charge in [-0.3, -0.25) is 4.79 Å². The van der Waals surface area contributed by atoms with Gasteiger partial charge < -0.3 is 30.7 Å². The van der Waals surface area contributed by atoms with E-state index in [9.17, 15) is 4.79 Å². The molecule has 2 fully saturated rings. The van der Waals surface area contributed by atoms with Crippen LogP contribution in [0.4, 0.5) is 11.4 Å². The average molecular weight is 480 g/mol. The Morgan fingerprint density at radius 2 is 2.26 bits per heavy atom. The Kier molecular flexibility index (Phi) is 5.16. The van der Waals surface area contributed by atoms with Gasteiger partial charge in [-0.2, -0.15) is 0 Å². The highest BCUT2D eigenvalue weighted by Crippen LogP contribution is 2.39. The number of benzene rings is 1. The van der Waals surface area contributed by atoms with E-state index in [1.807, 2.05) is 26.2 Å². The molecule has 0 unspecified atom stereocenters. The molecule has 0 saturated carbocycles. The third-order valence-electron chi connectivity index (χ3n) is 7.46. The Morgan fingerprint density at radius 3 is 3.09 bits per heavy atom. The highest BCUT2D eigenvalue weighted by Gasteiger charge is 2.50. The summed E-state index contributed by atoms with van der Waals surface area (Å²) in [5.74, 6) is 1.22. The van der Waals surface area contributed by atoms with E-state index < -0.39 is 0 Å². The number of ether oxygens (including phenoxy) is 2. The normalized spacial score (nSPS) is 25.8. The second kappa shape index (κ2) is 8.11. The predicted molar refractivity (Wildman–Crippen MR) is 134 cm³/mol. The van der Waals surface area contributed by atoms with Crippen LogP contribution in [0.25, 0.3) is 10.2 Å². The molecule has 3 atom stereocenters. The summed E-state index contributed by atoms with van der Waals surface area (Å²) in [6.45, 7) is 6.10. The van der Waals surface area contributed by atoms with E-state index in [2.05, 4.69) is 38.7 Å². The van der Waals surface area contributed by atoms with Crippen LogP contribution in [-0.4, -0.2) is 62.4 Å². The van der Waals surface area contributed by atoms with Crippen molar-refractivity contribution in [2.75, 3.05) is 50.5 Å². The lowest BCUT2D eigenvalue weighted by Crippen LogP contribution is -2.42.